The third kappa shape index (κ3) is 4.29. The van der Waals surface area contributed by atoms with Crippen molar-refractivity contribution in [2.75, 3.05) is 0 Å². The molecule has 0 spiro atoms. The van der Waals surface area contributed by atoms with Gasteiger partial charge in [-0.1, -0.05) is 121 Å². The molecule has 0 fully saturated rings. The molecular weight excluding hydrogens is 623 g/mol. The summed E-state index contributed by atoms with van der Waals surface area (Å²) in [5.41, 5.74) is 5.40. The highest BCUT2D eigenvalue weighted by Crippen LogP contribution is 2.43. The minimum absolute atomic E-state index is 0.667. The lowest BCUT2D eigenvalue weighted by Gasteiger charge is -2.13. The van der Waals surface area contributed by atoms with Crippen molar-refractivity contribution in [3.63, 3.8) is 0 Å². The summed E-state index contributed by atoms with van der Waals surface area (Å²) in [6.07, 6.45) is 0. The maximum absolute atomic E-state index is 5.30. The molecule has 10 aromatic rings. The van der Waals surface area contributed by atoms with Crippen LogP contribution in [0.1, 0.15) is 0 Å². The molecule has 0 N–H and O–H groups in total. The SMILES string of the molecule is c1ccc(-c2ccc(-c3nc(-c4cccc5c4sc4ccccc45)nc(-c4cccc5sc6ccccc6c45)n3)c3ccccc23)cc1. The van der Waals surface area contributed by atoms with Crippen molar-refractivity contribution in [1.29, 1.82) is 0 Å². The highest BCUT2D eigenvalue weighted by molar-refractivity contribution is 7.26. The van der Waals surface area contributed by atoms with Gasteiger partial charge in [0, 0.05) is 57.0 Å². The van der Waals surface area contributed by atoms with E-state index in [9.17, 15) is 0 Å². The van der Waals surface area contributed by atoms with Crippen LogP contribution in [0.5, 0.6) is 0 Å². The Morgan fingerprint density at radius 3 is 1.62 bits per heavy atom. The number of fused-ring (bicyclic) bond motifs is 7. The van der Waals surface area contributed by atoms with Gasteiger partial charge in [-0.05, 0) is 52.2 Å². The number of rotatable bonds is 4. The molecule has 0 aliphatic carbocycles. The average molecular weight is 648 g/mol. The van der Waals surface area contributed by atoms with Crippen molar-refractivity contribution in [2.45, 2.75) is 0 Å². The van der Waals surface area contributed by atoms with Gasteiger partial charge in [0.2, 0.25) is 0 Å². The Hall–Kier alpha value is -5.75. The van der Waals surface area contributed by atoms with Gasteiger partial charge >= 0.3 is 0 Å². The second kappa shape index (κ2) is 10.9. The van der Waals surface area contributed by atoms with E-state index in [1.807, 2.05) is 11.3 Å². The standard InChI is InChI=1S/C43H25N3S2/c1-2-12-26(13-3-1)27-24-25-32(29-15-5-4-14-28(27)29)41-44-42(34-19-11-23-38-39(34)33-17-7-9-22-37(33)47-38)46-43(45-41)35-20-10-18-31-30-16-6-8-21-36(30)48-40(31)35/h1-25H. The van der Waals surface area contributed by atoms with Gasteiger partial charge in [-0.25, -0.2) is 15.0 Å². The number of aromatic nitrogens is 3. The summed E-state index contributed by atoms with van der Waals surface area (Å²) in [4.78, 5) is 15.9. The van der Waals surface area contributed by atoms with E-state index >= 15 is 0 Å². The maximum Gasteiger partial charge on any atom is 0.165 e. The zero-order valence-electron chi connectivity index (χ0n) is 25.6. The number of nitrogens with zero attached hydrogens (tertiary/aromatic N) is 3. The monoisotopic (exact) mass is 647 g/mol. The number of hydrogen-bond donors (Lipinski definition) is 0. The fourth-order valence-corrected chi connectivity index (χ4v) is 9.33. The van der Waals surface area contributed by atoms with Crippen LogP contribution in [0.3, 0.4) is 0 Å². The molecule has 0 saturated carbocycles. The van der Waals surface area contributed by atoms with Gasteiger partial charge in [-0.15, -0.1) is 22.7 Å². The predicted molar refractivity (Wildman–Crippen MR) is 205 cm³/mol. The van der Waals surface area contributed by atoms with Crippen LogP contribution in [0.15, 0.2) is 152 Å². The van der Waals surface area contributed by atoms with Gasteiger partial charge in [0.1, 0.15) is 0 Å². The van der Waals surface area contributed by atoms with Gasteiger partial charge in [0.15, 0.2) is 17.5 Å². The lowest BCUT2D eigenvalue weighted by molar-refractivity contribution is 1.08. The molecule has 224 valence electrons. The second-order valence-corrected chi connectivity index (χ2v) is 14.1. The minimum Gasteiger partial charge on any atom is -0.208 e. The molecule has 0 unspecified atom stereocenters. The van der Waals surface area contributed by atoms with Crippen molar-refractivity contribution in [3.8, 4) is 45.3 Å². The summed E-state index contributed by atoms with van der Waals surface area (Å²) in [6.45, 7) is 0. The van der Waals surface area contributed by atoms with E-state index < -0.39 is 0 Å². The van der Waals surface area contributed by atoms with Gasteiger partial charge < -0.3 is 0 Å². The molecule has 0 atom stereocenters. The number of benzene rings is 7. The van der Waals surface area contributed by atoms with E-state index in [1.165, 1.54) is 56.9 Å². The molecule has 5 heteroatoms. The predicted octanol–water partition coefficient (Wildman–Crippen LogP) is 12.4. The highest BCUT2D eigenvalue weighted by Gasteiger charge is 2.20. The molecule has 0 amide bonds. The topological polar surface area (TPSA) is 38.7 Å². The molecule has 0 aliphatic rings. The highest BCUT2D eigenvalue weighted by atomic mass is 32.1. The molecule has 0 saturated heterocycles. The van der Waals surface area contributed by atoms with Crippen LogP contribution < -0.4 is 0 Å². The Kier molecular flexibility index (Phi) is 6.22. The van der Waals surface area contributed by atoms with Crippen molar-refractivity contribution < 1.29 is 0 Å². The molecular formula is C43H25N3S2. The van der Waals surface area contributed by atoms with Gasteiger partial charge in [-0.3, -0.25) is 0 Å². The zero-order valence-corrected chi connectivity index (χ0v) is 27.2. The normalized spacial score (nSPS) is 11.8. The lowest BCUT2D eigenvalue weighted by Crippen LogP contribution is -2.01. The van der Waals surface area contributed by atoms with E-state index in [-0.39, 0.29) is 0 Å². The average Bonchev–Trinajstić information content (AvgIpc) is 3.73. The second-order valence-electron chi connectivity index (χ2n) is 11.9. The van der Waals surface area contributed by atoms with Crippen LogP contribution in [0, 0.1) is 0 Å². The Balaban J connectivity index is 1.28. The Bertz CT molecular complexity index is 2850. The van der Waals surface area contributed by atoms with E-state index in [1.54, 1.807) is 11.3 Å². The molecule has 7 aromatic carbocycles. The molecule has 0 aliphatic heterocycles. The molecule has 0 radical (unpaired) electrons. The maximum atomic E-state index is 5.30. The third-order valence-electron chi connectivity index (χ3n) is 9.17. The lowest BCUT2D eigenvalue weighted by atomic mass is 9.94. The third-order valence-corrected chi connectivity index (χ3v) is 11.5. The molecule has 3 aromatic heterocycles. The van der Waals surface area contributed by atoms with Crippen LogP contribution in [-0.4, -0.2) is 15.0 Å². The van der Waals surface area contributed by atoms with Crippen molar-refractivity contribution in [3.05, 3.63) is 152 Å². The quantitative estimate of drug-likeness (QED) is 0.191. The molecule has 0 bridgehead atoms. The Morgan fingerprint density at radius 1 is 0.312 bits per heavy atom. The first-order valence-corrected chi connectivity index (χ1v) is 17.6. The molecule has 10 rings (SSSR count). The molecule has 3 nitrogen and oxygen atoms in total. The summed E-state index contributed by atoms with van der Waals surface area (Å²) in [7, 11) is 0. The van der Waals surface area contributed by atoms with Crippen molar-refractivity contribution in [1.82, 2.24) is 15.0 Å². The first kappa shape index (κ1) is 27.4. The zero-order chi connectivity index (χ0) is 31.6. The largest absolute Gasteiger partial charge is 0.208 e. The smallest absolute Gasteiger partial charge is 0.165 e. The van der Waals surface area contributed by atoms with Crippen LogP contribution >= 0.6 is 22.7 Å². The fraction of sp³-hybridized carbons (Fsp3) is 0. The van der Waals surface area contributed by atoms with Gasteiger partial charge in [0.05, 0.1) is 0 Å². The van der Waals surface area contributed by atoms with Crippen LogP contribution in [-0.2, 0) is 0 Å². The summed E-state index contributed by atoms with van der Waals surface area (Å²) in [6, 6.07) is 53.7. The molecule has 3 heterocycles. The van der Waals surface area contributed by atoms with Gasteiger partial charge in [0.25, 0.3) is 0 Å². The number of hydrogen-bond acceptors (Lipinski definition) is 5. The minimum atomic E-state index is 0.667. The molecule has 48 heavy (non-hydrogen) atoms. The first-order chi connectivity index (χ1) is 23.8. The van der Waals surface area contributed by atoms with E-state index in [0.29, 0.717) is 17.5 Å². The summed E-state index contributed by atoms with van der Waals surface area (Å²) < 4.78 is 4.92. The first-order valence-electron chi connectivity index (χ1n) is 15.9. The number of thiophene rings is 2. The van der Waals surface area contributed by atoms with Crippen LogP contribution in [0.2, 0.25) is 0 Å². The van der Waals surface area contributed by atoms with Crippen molar-refractivity contribution in [2.24, 2.45) is 0 Å². The van der Waals surface area contributed by atoms with Crippen LogP contribution in [0.25, 0.3) is 96.4 Å². The van der Waals surface area contributed by atoms with E-state index in [4.69, 9.17) is 15.0 Å². The Labute approximate surface area is 284 Å². The van der Waals surface area contributed by atoms with Gasteiger partial charge in [-0.2, -0.15) is 0 Å². The summed E-state index contributed by atoms with van der Waals surface area (Å²) in [5.74, 6) is 2.03. The van der Waals surface area contributed by atoms with E-state index in [2.05, 4.69) is 152 Å². The van der Waals surface area contributed by atoms with Crippen LogP contribution in [0.4, 0.5) is 0 Å². The summed E-state index contributed by atoms with van der Waals surface area (Å²) in [5, 5.41) is 7.17. The summed E-state index contributed by atoms with van der Waals surface area (Å²) >= 11 is 3.60. The fourth-order valence-electron chi connectivity index (χ4n) is 6.99. The van der Waals surface area contributed by atoms with Crippen molar-refractivity contribution >= 4 is 73.8 Å². The van der Waals surface area contributed by atoms with E-state index in [0.717, 1.165) is 22.1 Å². The Morgan fingerprint density at radius 2 is 0.833 bits per heavy atom.